The molecule has 0 saturated heterocycles. The number of hydrogen-bond acceptors (Lipinski definition) is 5. The third kappa shape index (κ3) is 2.92. The lowest BCUT2D eigenvalue weighted by Crippen LogP contribution is -2.16. The topological polar surface area (TPSA) is 92.7 Å². The van der Waals surface area contributed by atoms with Crippen molar-refractivity contribution in [3.05, 3.63) is 29.4 Å². The first kappa shape index (κ1) is 13.8. The van der Waals surface area contributed by atoms with Crippen LogP contribution in [0.5, 0.6) is 0 Å². The van der Waals surface area contributed by atoms with Gasteiger partial charge in [0.25, 0.3) is 0 Å². The summed E-state index contributed by atoms with van der Waals surface area (Å²) in [6, 6.07) is 1.79. The molecule has 0 atom stereocenters. The summed E-state index contributed by atoms with van der Waals surface area (Å²) in [7, 11) is 0. The van der Waals surface area contributed by atoms with Gasteiger partial charge in [-0.15, -0.1) is 0 Å². The van der Waals surface area contributed by atoms with Crippen LogP contribution in [0.25, 0.3) is 5.70 Å². The quantitative estimate of drug-likeness (QED) is 0.629. The van der Waals surface area contributed by atoms with E-state index >= 15 is 0 Å². The summed E-state index contributed by atoms with van der Waals surface area (Å²) in [5.74, 6) is 0.315. The van der Waals surface area contributed by atoms with Crippen molar-refractivity contribution in [2.24, 2.45) is 5.73 Å². The number of carbonyl (C=O) groups excluding carboxylic acids is 1. The highest BCUT2D eigenvalue weighted by Crippen LogP contribution is 2.19. The van der Waals surface area contributed by atoms with Gasteiger partial charge in [-0.2, -0.15) is 5.26 Å². The molecule has 0 aromatic carbocycles. The highest BCUT2D eigenvalue weighted by atomic mass is 16.1. The molecule has 1 aromatic rings. The molecule has 0 fully saturated rings. The third-order valence-electron chi connectivity index (χ3n) is 2.37. The monoisotopic (exact) mass is 244 g/mol. The van der Waals surface area contributed by atoms with E-state index < -0.39 is 0 Å². The molecule has 0 aliphatic rings. The lowest BCUT2D eigenvalue weighted by atomic mass is 9.95. The number of hydrogen-bond donors (Lipinski definition) is 1. The van der Waals surface area contributed by atoms with Crippen molar-refractivity contribution < 1.29 is 4.79 Å². The van der Waals surface area contributed by atoms with Crippen molar-refractivity contribution in [1.82, 2.24) is 9.97 Å². The Labute approximate surface area is 106 Å². The van der Waals surface area contributed by atoms with Gasteiger partial charge >= 0.3 is 0 Å². The summed E-state index contributed by atoms with van der Waals surface area (Å²) in [6.07, 6.45) is 3.06. The van der Waals surface area contributed by atoms with Crippen LogP contribution < -0.4 is 5.73 Å². The lowest BCUT2D eigenvalue weighted by molar-refractivity contribution is -0.113. The Morgan fingerprint density at radius 1 is 1.33 bits per heavy atom. The number of aromatic nitrogens is 2. The fourth-order valence-corrected chi connectivity index (χ4v) is 1.33. The number of Topliss-reactive ketones (excluding diaryl/α,β-unsaturated/α-hetero) is 1. The number of ketones is 1. The fourth-order valence-electron chi connectivity index (χ4n) is 1.33. The van der Waals surface area contributed by atoms with E-state index in [0.717, 1.165) is 0 Å². The average Bonchev–Trinajstić information content (AvgIpc) is 2.28. The highest BCUT2D eigenvalue weighted by molar-refractivity contribution is 6.04. The van der Waals surface area contributed by atoms with Gasteiger partial charge in [-0.3, -0.25) is 4.79 Å². The van der Waals surface area contributed by atoms with Gasteiger partial charge in [-0.05, 0) is 6.92 Å². The van der Waals surface area contributed by atoms with Crippen LogP contribution in [0.4, 0.5) is 0 Å². The molecule has 1 aromatic heterocycles. The zero-order valence-electron chi connectivity index (χ0n) is 11.0. The van der Waals surface area contributed by atoms with Gasteiger partial charge < -0.3 is 5.73 Å². The van der Waals surface area contributed by atoms with Crippen molar-refractivity contribution in [2.75, 3.05) is 0 Å². The molecule has 0 bridgehead atoms. The van der Waals surface area contributed by atoms with E-state index in [1.165, 1.54) is 19.3 Å². The van der Waals surface area contributed by atoms with Crippen LogP contribution >= 0.6 is 0 Å². The van der Waals surface area contributed by atoms with Crippen LogP contribution in [0.1, 0.15) is 39.1 Å². The van der Waals surface area contributed by atoms with E-state index in [1.54, 1.807) is 6.07 Å². The Kier molecular flexibility index (Phi) is 3.82. The molecule has 0 aliphatic carbocycles. The minimum absolute atomic E-state index is 0.0675. The third-order valence-corrected chi connectivity index (χ3v) is 2.37. The van der Waals surface area contributed by atoms with Crippen LogP contribution in [-0.2, 0) is 10.2 Å². The summed E-state index contributed by atoms with van der Waals surface area (Å²) in [5, 5.41) is 8.86. The molecular weight excluding hydrogens is 228 g/mol. The second-order valence-corrected chi connectivity index (χ2v) is 5.00. The van der Waals surface area contributed by atoms with Crippen molar-refractivity contribution in [3.8, 4) is 6.07 Å². The van der Waals surface area contributed by atoms with Gasteiger partial charge in [-0.1, -0.05) is 20.8 Å². The molecule has 1 rings (SSSR count). The first-order valence-corrected chi connectivity index (χ1v) is 5.51. The molecular formula is C13H16N4O. The number of nitriles is 1. The van der Waals surface area contributed by atoms with E-state index in [4.69, 9.17) is 11.0 Å². The highest BCUT2D eigenvalue weighted by Gasteiger charge is 2.17. The maximum atomic E-state index is 11.2. The Balaban J connectivity index is 3.22. The first-order chi connectivity index (χ1) is 8.27. The van der Waals surface area contributed by atoms with Crippen LogP contribution in [-0.4, -0.2) is 15.8 Å². The van der Waals surface area contributed by atoms with Gasteiger partial charge in [0.1, 0.15) is 17.5 Å². The maximum Gasteiger partial charge on any atom is 0.172 e. The van der Waals surface area contributed by atoms with E-state index in [1.807, 2.05) is 20.8 Å². The predicted molar refractivity (Wildman–Crippen MR) is 68.1 cm³/mol. The molecule has 5 heteroatoms. The summed E-state index contributed by atoms with van der Waals surface area (Å²) >= 11 is 0. The van der Waals surface area contributed by atoms with E-state index in [2.05, 4.69) is 9.97 Å². The molecule has 2 N–H and O–H groups in total. The summed E-state index contributed by atoms with van der Waals surface area (Å²) in [4.78, 5) is 19.6. The van der Waals surface area contributed by atoms with Crippen molar-refractivity contribution in [2.45, 2.75) is 33.1 Å². The zero-order chi connectivity index (χ0) is 13.9. The van der Waals surface area contributed by atoms with Gasteiger partial charge in [0, 0.05) is 23.4 Å². The fraction of sp³-hybridized carbons (Fsp3) is 0.385. The Morgan fingerprint density at radius 3 is 2.17 bits per heavy atom. The second-order valence-electron chi connectivity index (χ2n) is 5.00. The van der Waals surface area contributed by atoms with Gasteiger partial charge in [0.15, 0.2) is 5.78 Å². The van der Waals surface area contributed by atoms with Gasteiger partial charge in [0.2, 0.25) is 0 Å². The standard InChI is InChI=1S/C13H16N4O/c1-8(18)10(5-14)11(15)9-6-16-12(17-7-9)13(2,3)4/h6-7H,15H2,1-4H3/b11-10-. The van der Waals surface area contributed by atoms with Crippen molar-refractivity contribution in [1.29, 1.82) is 5.26 Å². The van der Waals surface area contributed by atoms with Crippen molar-refractivity contribution >= 4 is 11.5 Å². The van der Waals surface area contributed by atoms with Crippen molar-refractivity contribution in [3.63, 3.8) is 0 Å². The molecule has 1 heterocycles. The molecule has 0 radical (unpaired) electrons. The lowest BCUT2D eigenvalue weighted by Gasteiger charge is -2.16. The zero-order valence-corrected chi connectivity index (χ0v) is 11.0. The van der Waals surface area contributed by atoms with E-state index in [-0.39, 0.29) is 22.5 Å². The molecule has 0 unspecified atom stereocenters. The molecule has 0 saturated carbocycles. The van der Waals surface area contributed by atoms with Crippen LogP contribution in [0.2, 0.25) is 0 Å². The smallest absolute Gasteiger partial charge is 0.172 e. The molecule has 0 spiro atoms. The second kappa shape index (κ2) is 4.96. The SMILES string of the molecule is CC(=O)/C(C#N)=C(\N)c1cnc(C(C)(C)C)nc1. The summed E-state index contributed by atoms with van der Waals surface area (Å²) in [6.45, 7) is 7.29. The Morgan fingerprint density at radius 2 is 1.83 bits per heavy atom. The molecule has 94 valence electrons. The predicted octanol–water partition coefficient (Wildman–Crippen LogP) is 1.56. The van der Waals surface area contributed by atoms with E-state index in [9.17, 15) is 4.79 Å². The minimum Gasteiger partial charge on any atom is -0.397 e. The first-order valence-electron chi connectivity index (χ1n) is 5.51. The number of nitrogens with two attached hydrogens (primary N) is 1. The van der Waals surface area contributed by atoms with Gasteiger partial charge in [-0.25, -0.2) is 9.97 Å². The van der Waals surface area contributed by atoms with Crippen LogP contribution in [0.3, 0.4) is 0 Å². The number of carbonyl (C=O) groups is 1. The number of allylic oxidation sites excluding steroid dienone is 1. The number of rotatable bonds is 2. The summed E-state index contributed by atoms with van der Waals surface area (Å²) < 4.78 is 0. The molecule has 5 nitrogen and oxygen atoms in total. The molecule has 18 heavy (non-hydrogen) atoms. The Hall–Kier alpha value is -2.22. The van der Waals surface area contributed by atoms with E-state index in [0.29, 0.717) is 11.4 Å². The molecule has 0 amide bonds. The molecule has 0 aliphatic heterocycles. The van der Waals surface area contributed by atoms with Crippen LogP contribution in [0, 0.1) is 11.3 Å². The number of nitrogens with zero attached hydrogens (tertiary/aromatic N) is 3. The largest absolute Gasteiger partial charge is 0.397 e. The minimum atomic E-state index is -0.366. The van der Waals surface area contributed by atoms with Crippen LogP contribution in [0.15, 0.2) is 18.0 Å². The Bertz CT molecular complexity index is 530. The maximum absolute atomic E-state index is 11.2. The van der Waals surface area contributed by atoms with Gasteiger partial charge in [0.05, 0.1) is 5.70 Å². The normalized spacial score (nSPS) is 12.6. The summed E-state index contributed by atoms with van der Waals surface area (Å²) in [5.41, 5.74) is 6.14. The average molecular weight is 244 g/mol.